The number of benzene rings is 2. The first-order chi connectivity index (χ1) is 15.2. The first-order valence-corrected chi connectivity index (χ1v) is 9.78. The summed E-state index contributed by atoms with van der Waals surface area (Å²) in [6.45, 7) is 0.285. The summed E-state index contributed by atoms with van der Waals surface area (Å²) in [4.78, 5) is 19.8. The number of carbonyl (C=O) groups excluding carboxylic acids is 1. The summed E-state index contributed by atoms with van der Waals surface area (Å²) in [5.74, 6) is -0.612. The summed E-state index contributed by atoms with van der Waals surface area (Å²) < 4.78 is 15.2. The number of para-hydroxylation sites is 1. The van der Waals surface area contributed by atoms with Crippen molar-refractivity contribution in [2.45, 2.75) is 6.54 Å². The fourth-order valence-electron chi connectivity index (χ4n) is 3.50. The second-order valence-electron chi connectivity index (χ2n) is 7.12. The molecule has 3 heterocycles. The Balaban J connectivity index is 1.43. The Morgan fingerprint density at radius 3 is 2.65 bits per heavy atom. The number of carbonyl (C=O) groups is 1. The number of nitrogens with one attached hydrogen (secondary N) is 2. The first kappa shape index (κ1) is 18.7. The monoisotopic (exact) mass is 411 g/mol. The molecule has 1 amide bonds. The molecule has 5 rings (SSSR count). The summed E-state index contributed by atoms with van der Waals surface area (Å²) in [5.41, 5.74) is 4.56. The van der Waals surface area contributed by atoms with E-state index < -0.39 is 0 Å². The van der Waals surface area contributed by atoms with Crippen LogP contribution in [-0.2, 0) is 6.54 Å². The molecule has 3 aromatic heterocycles. The van der Waals surface area contributed by atoms with Gasteiger partial charge in [-0.05, 0) is 48.5 Å². The fourth-order valence-corrected chi connectivity index (χ4v) is 3.50. The van der Waals surface area contributed by atoms with Crippen molar-refractivity contribution >= 4 is 16.8 Å². The highest BCUT2D eigenvalue weighted by molar-refractivity contribution is 5.98. The summed E-state index contributed by atoms with van der Waals surface area (Å²) in [5, 5.41) is 8.32. The lowest BCUT2D eigenvalue weighted by atomic mass is 10.1. The smallest absolute Gasteiger partial charge is 0.267 e. The molecule has 0 saturated heterocycles. The van der Waals surface area contributed by atoms with Crippen LogP contribution in [0, 0.1) is 5.82 Å². The van der Waals surface area contributed by atoms with Crippen molar-refractivity contribution < 1.29 is 9.18 Å². The van der Waals surface area contributed by atoms with E-state index in [1.54, 1.807) is 29.2 Å². The molecule has 6 nitrogen and oxygen atoms in total. The quantitative estimate of drug-likeness (QED) is 0.448. The molecule has 0 aliphatic carbocycles. The van der Waals surface area contributed by atoms with E-state index in [0.717, 1.165) is 22.5 Å². The van der Waals surface area contributed by atoms with E-state index >= 15 is 0 Å². The van der Waals surface area contributed by atoms with Gasteiger partial charge in [0.15, 0.2) is 0 Å². The number of aromatic amines is 1. The molecule has 0 saturated carbocycles. The summed E-state index contributed by atoms with van der Waals surface area (Å²) in [7, 11) is 0. The van der Waals surface area contributed by atoms with Crippen LogP contribution in [0.15, 0.2) is 85.3 Å². The van der Waals surface area contributed by atoms with Crippen LogP contribution < -0.4 is 5.32 Å². The van der Waals surface area contributed by atoms with Gasteiger partial charge >= 0.3 is 0 Å². The van der Waals surface area contributed by atoms with Gasteiger partial charge in [-0.15, -0.1) is 0 Å². The van der Waals surface area contributed by atoms with E-state index in [1.807, 2.05) is 48.7 Å². The van der Waals surface area contributed by atoms with Gasteiger partial charge in [0.05, 0.1) is 11.4 Å². The van der Waals surface area contributed by atoms with Gasteiger partial charge in [0.1, 0.15) is 11.5 Å². The molecule has 7 heteroatoms. The van der Waals surface area contributed by atoms with Crippen molar-refractivity contribution in [2.24, 2.45) is 0 Å². The van der Waals surface area contributed by atoms with E-state index in [-0.39, 0.29) is 18.3 Å². The molecular weight excluding hydrogens is 393 g/mol. The van der Waals surface area contributed by atoms with Crippen LogP contribution in [-0.4, -0.2) is 25.7 Å². The van der Waals surface area contributed by atoms with Gasteiger partial charge in [0.2, 0.25) is 0 Å². The number of hydrogen-bond donors (Lipinski definition) is 2. The van der Waals surface area contributed by atoms with Crippen LogP contribution in [0.2, 0.25) is 0 Å². The van der Waals surface area contributed by atoms with Gasteiger partial charge in [-0.25, -0.2) is 9.07 Å². The molecule has 0 unspecified atom stereocenters. The number of rotatable bonds is 5. The zero-order valence-corrected chi connectivity index (χ0v) is 16.4. The SMILES string of the molecule is O=C(NCc1cn(-c2ccccc2)nc1-c1ccncc1)c1cc2cc(F)ccc2[nH]1. The number of H-pyrrole nitrogens is 1. The van der Waals surface area contributed by atoms with Gasteiger partial charge in [0.25, 0.3) is 5.91 Å². The molecule has 0 fully saturated rings. The van der Waals surface area contributed by atoms with Gasteiger partial charge in [0, 0.05) is 47.2 Å². The minimum atomic E-state index is -0.339. The number of halogens is 1. The minimum Gasteiger partial charge on any atom is -0.351 e. The number of aromatic nitrogens is 4. The highest BCUT2D eigenvalue weighted by Crippen LogP contribution is 2.23. The fraction of sp³-hybridized carbons (Fsp3) is 0.0417. The highest BCUT2D eigenvalue weighted by Gasteiger charge is 2.15. The third-order valence-electron chi connectivity index (χ3n) is 5.03. The normalized spacial score (nSPS) is 11.0. The molecule has 152 valence electrons. The van der Waals surface area contributed by atoms with Crippen LogP contribution in [0.1, 0.15) is 16.1 Å². The van der Waals surface area contributed by atoms with Gasteiger partial charge in [-0.3, -0.25) is 9.78 Å². The standard InChI is InChI=1S/C24H18FN5O/c25-19-6-7-21-17(12-19)13-22(28-21)24(31)27-14-18-15-30(20-4-2-1-3-5-20)29-23(18)16-8-10-26-11-9-16/h1-13,15,28H,14H2,(H,27,31). The number of pyridine rings is 1. The van der Waals surface area contributed by atoms with E-state index in [2.05, 4.69) is 15.3 Å². The van der Waals surface area contributed by atoms with Crippen LogP contribution in [0.3, 0.4) is 0 Å². The first-order valence-electron chi connectivity index (χ1n) is 9.78. The van der Waals surface area contributed by atoms with Crippen molar-refractivity contribution in [3.8, 4) is 16.9 Å². The van der Waals surface area contributed by atoms with Crippen molar-refractivity contribution in [2.75, 3.05) is 0 Å². The van der Waals surface area contributed by atoms with Gasteiger partial charge in [-0.2, -0.15) is 5.10 Å². The molecule has 0 atom stereocenters. The van der Waals surface area contributed by atoms with Crippen molar-refractivity contribution in [3.05, 3.63) is 102 Å². The second-order valence-corrected chi connectivity index (χ2v) is 7.12. The average molecular weight is 411 g/mol. The van der Waals surface area contributed by atoms with Crippen LogP contribution >= 0.6 is 0 Å². The number of amides is 1. The van der Waals surface area contributed by atoms with Crippen LogP contribution in [0.4, 0.5) is 4.39 Å². The zero-order valence-electron chi connectivity index (χ0n) is 16.4. The van der Waals surface area contributed by atoms with E-state index in [9.17, 15) is 9.18 Å². The summed E-state index contributed by atoms with van der Waals surface area (Å²) in [6.07, 6.45) is 5.33. The average Bonchev–Trinajstić information content (AvgIpc) is 3.43. The van der Waals surface area contributed by atoms with Gasteiger partial charge in [-0.1, -0.05) is 18.2 Å². The molecule has 2 N–H and O–H groups in total. The topological polar surface area (TPSA) is 75.6 Å². The molecule has 0 spiro atoms. The maximum atomic E-state index is 13.4. The Labute approximate surface area is 177 Å². The molecule has 0 bridgehead atoms. The van der Waals surface area contributed by atoms with Crippen LogP contribution in [0.25, 0.3) is 27.8 Å². The van der Waals surface area contributed by atoms with E-state index in [0.29, 0.717) is 16.6 Å². The van der Waals surface area contributed by atoms with Crippen molar-refractivity contribution in [1.29, 1.82) is 0 Å². The van der Waals surface area contributed by atoms with E-state index in [4.69, 9.17) is 5.10 Å². The Bertz CT molecular complexity index is 1360. The Hall–Kier alpha value is -4.26. The number of fused-ring (bicyclic) bond motifs is 1. The van der Waals surface area contributed by atoms with Crippen molar-refractivity contribution in [3.63, 3.8) is 0 Å². The lowest BCUT2D eigenvalue weighted by Gasteiger charge is -2.04. The zero-order chi connectivity index (χ0) is 21.2. The maximum Gasteiger partial charge on any atom is 0.267 e. The third kappa shape index (κ3) is 3.81. The summed E-state index contributed by atoms with van der Waals surface area (Å²) >= 11 is 0. The molecule has 5 aromatic rings. The Kier molecular flexibility index (Phi) is 4.76. The number of nitrogens with zero attached hydrogens (tertiary/aromatic N) is 3. The van der Waals surface area contributed by atoms with Crippen molar-refractivity contribution in [1.82, 2.24) is 25.1 Å². The lowest BCUT2D eigenvalue weighted by Crippen LogP contribution is -2.23. The molecule has 31 heavy (non-hydrogen) atoms. The Morgan fingerprint density at radius 2 is 1.84 bits per heavy atom. The molecular formula is C24H18FN5O. The van der Waals surface area contributed by atoms with E-state index in [1.165, 1.54) is 12.1 Å². The molecule has 0 aliphatic heterocycles. The number of hydrogen-bond acceptors (Lipinski definition) is 3. The minimum absolute atomic E-state index is 0.273. The summed E-state index contributed by atoms with van der Waals surface area (Å²) in [6, 6.07) is 19.6. The highest BCUT2D eigenvalue weighted by atomic mass is 19.1. The third-order valence-corrected chi connectivity index (χ3v) is 5.03. The molecule has 2 aromatic carbocycles. The maximum absolute atomic E-state index is 13.4. The molecule has 0 aliphatic rings. The predicted molar refractivity (Wildman–Crippen MR) is 116 cm³/mol. The van der Waals surface area contributed by atoms with Gasteiger partial charge < -0.3 is 10.3 Å². The lowest BCUT2D eigenvalue weighted by molar-refractivity contribution is 0.0947. The Morgan fingerprint density at radius 1 is 1.03 bits per heavy atom. The predicted octanol–water partition coefficient (Wildman–Crippen LogP) is 4.48. The van der Waals surface area contributed by atoms with Crippen LogP contribution in [0.5, 0.6) is 0 Å². The largest absolute Gasteiger partial charge is 0.351 e. The molecule has 0 radical (unpaired) electrons. The second kappa shape index (κ2) is 7.87.